The Balaban J connectivity index is 2.44. The van der Waals surface area contributed by atoms with Gasteiger partial charge in [-0.2, -0.15) is 0 Å². The fraction of sp³-hybridized carbons (Fsp3) is 0.364. The average Bonchev–Trinajstić information content (AvgIpc) is 2.47. The molecule has 74 valence electrons. The fourth-order valence-corrected chi connectivity index (χ4v) is 1.64. The minimum Gasteiger partial charge on any atom is -0.334 e. The summed E-state index contributed by atoms with van der Waals surface area (Å²) in [6, 6.07) is 6.41. The summed E-state index contributed by atoms with van der Waals surface area (Å²) in [5, 5.41) is 0. The maximum atomic E-state index is 4.29. The van der Waals surface area contributed by atoms with Crippen LogP contribution in [-0.4, -0.2) is 28.5 Å². The topological polar surface area (TPSA) is 21.1 Å². The van der Waals surface area contributed by atoms with Crippen molar-refractivity contribution in [1.82, 2.24) is 14.5 Å². The Kier molecular flexibility index (Phi) is 2.25. The van der Waals surface area contributed by atoms with E-state index in [1.54, 1.807) is 0 Å². The van der Waals surface area contributed by atoms with Gasteiger partial charge in [0.05, 0.1) is 17.4 Å². The molecule has 0 aliphatic rings. The van der Waals surface area contributed by atoms with Crippen LogP contribution < -0.4 is 0 Å². The summed E-state index contributed by atoms with van der Waals surface area (Å²) < 4.78 is 2.05. The number of hydrogen-bond donors (Lipinski definition) is 0. The van der Waals surface area contributed by atoms with Crippen LogP contribution in [0.3, 0.4) is 0 Å². The van der Waals surface area contributed by atoms with Gasteiger partial charge in [-0.25, -0.2) is 4.98 Å². The van der Waals surface area contributed by atoms with E-state index < -0.39 is 0 Å². The van der Waals surface area contributed by atoms with Crippen LogP contribution in [0, 0.1) is 0 Å². The molecule has 0 saturated heterocycles. The summed E-state index contributed by atoms with van der Waals surface area (Å²) in [4.78, 5) is 6.45. The fourth-order valence-electron chi connectivity index (χ4n) is 1.64. The monoisotopic (exact) mass is 189 g/mol. The van der Waals surface area contributed by atoms with Crippen molar-refractivity contribution in [1.29, 1.82) is 0 Å². The highest BCUT2D eigenvalue weighted by molar-refractivity contribution is 5.75. The summed E-state index contributed by atoms with van der Waals surface area (Å²) in [5.74, 6) is 0. The second-order valence-corrected chi connectivity index (χ2v) is 3.92. The second kappa shape index (κ2) is 3.42. The molecule has 3 heteroatoms. The van der Waals surface area contributed by atoms with Crippen molar-refractivity contribution in [2.24, 2.45) is 7.05 Å². The van der Waals surface area contributed by atoms with E-state index in [0.717, 1.165) is 12.1 Å². The van der Waals surface area contributed by atoms with Crippen LogP contribution in [0.4, 0.5) is 0 Å². The number of nitrogens with zero attached hydrogens (tertiary/aromatic N) is 3. The molecule has 1 heterocycles. The molecule has 0 bridgehead atoms. The first-order chi connectivity index (χ1) is 6.66. The molecule has 0 spiro atoms. The number of imidazole rings is 1. The number of aromatic nitrogens is 2. The van der Waals surface area contributed by atoms with E-state index in [4.69, 9.17) is 0 Å². The summed E-state index contributed by atoms with van der Waals surface area (Å²) in [6.07, 6.45) is 1.85. The van der Waals surface area contributed by atoms with Crippen molar-refractivity contribution < 1.29 is 0 Å². The smallest absolute Gasteiger partial charge is 0.0955 e. The maximum Gasteiger partial charge on any atom is 0.0955 e. The van der Waals surface area contributed by atoms with Crippen molar-refractivity contribution in [2.45, 2.75) is 6.54 Å². The van der Waals surface area contributed by atoms with Crippen molar-refractivity contribution in [3.05, 3.63) is 30.1 Å². The zero-order valence-electron chi connectivity index (χ0n) is 8.86. The Morgan fingerprint density at radius 2 is 2.14 bits per heavy atom. The molecule has 2 aromatic rings. The van der Waals surface area contributed by atoms with Crippen LogP contribution in [-0.2, 0) is 13.6 Å². The summed E-state index contributed by atoms with van der Waals surface area (Å²) in [7, 11) is 6.18. The van der Waals surface area contributed by atoms with E-state index in [1.165, 1.54) is 11.1 Å². The standard InChI is InChI=1S/C11H15N3/c1-13(2)7-9-4-5-10-11(6-9)14(3)8-12-10/h4-6,8H,7H2,1-3H3. The molecular weight excluding hydrogens is 174 g/mol. The van der Waals surface area contributed by atoms with Gasteiger partial charge in [0.25, 0.3) is 0 Å². The normalized spacial score (nSPS) is 11.4. The van der Waals surface area contributed by atoms with Gasteiger partial charge in [-0.15, -0.1) is 0 Å². The Morgan fingerprint density at radius 1 is 1.36 bits per heavy atom. The minimum absolute atomic E-state index is 0.973. The van der Waals surface area contributed by atoms with Gasteiger partial charge in [-0.3, -0.25) is 0 Å². The number of benzene rings is 1. The lowest BCUT2D eigenvalue weighted by Crippen LogP contribution is -2.10. The van der Waals surface area contributed by atoms with E-state index in [0.29, 0.717) is 0 Å². The van der Waals surface area contributed by atoms with Gasteiger partial charge in [0, 0.05) is 13.6 Å². The molecule has 1 aromatic heterocycles. The van der Waals surface area contributed by atoms with E-state index in [-0.39, 0.29) is 0 Å². The van der Waals surface area contributed by atoms with Gasteiger partial charge in [0.2, 0.25) is 0 Å². The van der Waals surface area contributed by atoms with Gasteiger partial charge in [-0.1, -0.05) is 6.07 Å². The molecule has 2 rings (SSSR count). The molecule has 0 saturated carbocycles. The number of aryl methyl sites for hydroxylation is 1. The molecular formula is C11H15N3. The minimum atomic E-state index is 0.973. The first kappa shape index (κ1) is 9.21. The van der Waals surface area contributed by atoms with E-state index in [9.17, 15) is 0 Å². The van der Waals surface area contributed by atoms with Crippen molar-refractivity contribution in [3.63, 3.8) is 0 Å². The third-order valence-corrected chi connectivity index (χ3v) is 2.29. The van der Waals surface area contributed by atoms with Crippen molar-refractivity contribution in [3.8, 4) is 0 Å². The van der Waals surface area contributed by atoms with E-state index in [1.807, 2.05) is 13.4 Å². The Bertz CT molecular complexity index is 443. The average molecular weight is 189 g/mol. The van der Waals surface area contributed by atoms with Crippen molar-refractivity contribution >= 4 is 11.0 Å². The SMILES string of the molecule is CN(C)Cc1ccc2ncn(C)c2c1. The highest BCUT2D eigenvalue weighted by Gasteiger charge is 2.01. The largest absolute Gasteiger partial charge is 0.334 e. The molecule has 14 heavy (non-hydrogen) atoms. The lowest BCUT2D eigenvalue weighted by molar-refractivity contribution is 0.402. The highest BCUT2D eigenvalue weighted by atomic mass is 15.1. The number of fused-ring (bicyclic) bond motifs is 1. The summed E-state index contributed by atoms with van der Waals surface area (Å²) in [5.41, 5.74) is 3.59. The van der Waals surface area contributed by atoms with Crippen LogP contribution >= 0.6 is 0 Å². The van der Waals surface area contributed by atoms with Gasteiger partial charge in [-0.05, 0) is 31.8 Å². The van der Waals surface area contributed by atoms with Crippen LogP contribution in [0.15, 0.2) is 24.5 Å². The van der Waals surface area contributed by atoms with Gasteiger partial charge in [0.1, 0.15) is 0 Å². The Morgan fingerprint density at radius 3 is 2.86 bits per heavy atom. The van der Waals surface area contributed by atoms with E-state index in [2.05, 4.69) is 46.7 Å². The summed E-state index contributed by atoms with van der Waals surface area (Å²) in [6.45, 7) is 0.973. The third kappa shape index (κ3) is 1.63. The Labute approximate surface area is 84.0 Å². The van der Waals surface area contributed by atoms with Crippen LogP contribution in [0.2, 0.25) is 0 Å². The first-order valence-corrected chi connectivity index (χ1v) is 4.71. The molecule has 3 nitrogen and oxygen atoms in total. The lowest BCUT2D eigenvalue weighted by Gasteiger charge is -2.09. The zero-order valence-corrected chi connectivity index (χ0v) is 8.86. The zero-order chi connectivity index (χ0) is 10.1. The van der Waals surface area contributed by atoms with Crippen LogP contribution in [0.25, 0.3) is 11.0 Å². The van der Waals surface area contributed by atoms with Crippen LogP contribution in [0.1, 0.15) is 5.56 Å². The molecule has 0 atom stereocenters. The van der Waals surface area contributed by atoms with Crippen LogP contribution in [0.5, 0.6) is 0 Å². The molecule has 0 radical (unpaired) electrons. The second-order valence-electron chi connectivity index (χ2n) is 3.92. The molecule has 1 aromatic carbocycles. The molecule has 0 aliphatic heterocycles. The third-order valence-electron chi connectivity index (χ3n) is 2.29. The molecule has 0 fully saturated rings. The van der Waals surface area contributed by atoms with Crippen molar-refractivity contribution in [2.75, 3.05) is 14.1 Å². The first-order valence-electron chi connectivity index (χ1n) is 4.71. The molecule has 0 N–H and O–H groups in total. The quantitative estimate of drug-likeness (QED) is 0.716. The number of hydrogen-bond acceptors (Lipinski definition) is 2. The highest BCUT2D eigenvalue weighted by Crippen LogP contribution is 2.14. The predicted molar refractivity (Wildman–Crippen MR) is 58.1 cm³/mol. The number of rotatable bonds is 2. The van der Waals surface area contributed by atoms with Gasteiger partial charge >= 0.3 is 0 Å². The van der Waals surface area contributed by atoms with E-state index >= 15 is 0 Å². The summed E-state index contributed by atoms with van der Waals surface area (Å²) >= 11 is 0. The van der Waals surface area contributed by atoms with Gasteiger partial charge in [0.15, 0.2) is 0 Å². The maximum absolute atomic E-state index is 4.29. The lowest BCUT2D eigenvalue weighted by atomic mass is 10.2. The molecule has 0 amide bonds. The van der Waals surface area contributed by atoms with Gasteiger partial charge < -0.3 is 9.47 Å². The predicted octanol–water partition coefficient (Wildman–Crippen LogP) is 1.63. The molecule has 0 unspecified atom stereocenters. The molecule has 0 aliphatic carbocycles. The Hall–Kier alpha value is -1.35.